The number of nitrogens with one attached hydrogen (secondary N) is 1. The summed E-state index contributed by atoms with van der Waals surface area (Å²) in [6.07, 6.45) is 1.01. The number of halogens is 3. The molecule has 0 amide bonds. The van der Waals surface area contributed by atoms with Crippen LogP contribution in [0.15, 0.2) is 42.5 Å². The molecule has 4 nitrogen and oxygen atoms in total. The van der Waals surface area contributed by atoms with Gasteiger partial charge in [-0.15, -0.1) is 12.4 Å². The van der Waals surface area contributed by atoms with E-state index in [0.29, 0.717) is 37.1 Å². The van der Waals surface area contributed by atoms with Crippen LogP contribution in [0.4, 0.5) is 8.78 Å². The number of ketones is 2. The Morgan fingerprint density at radius 3 is 2.56 bits per heavy atom. The molecule has 3 rings (SSSR count). The molecule has 2 heterocycles. The van der Waals surface area contributed by atoms with Gasteiger partial charge in [-0.05, 0) is 30.5 Å². The maximum Gasteiger partial charge on any atom is 0.253 e. The van der Waals surface area contributed by atoms with Gasteiger partial charge in [0.25, 0.3) is 5.92 Å². The molecule has 7 heteroatoms. The summed E-state index contributed by atoms with van der Waals surface area (Å²) in [6, 6.07) is 13.1. The average molecular weight is 465 g/mol. The summed E-state index contributed by atoms with van der Waals surface area (Å²) in [7, 11) is 0. The van der Waals surface area contributed by atoms with Crippen molar-refractivity contribution in [3.8, 4) is 0 Å². The van der Waals surface area contributed by atoms with E-state index in [0.717, 1.165) is 5.56 Å². The van der Waals surface area contributed by atoms with Crippen molar-refractivity contribution in [3.63, 3.8) is 0 Å². The van der Waals surface area contributed by atoms with E-state index in [2.05, 4.69) is 10.3 Å². The zero-order valence-electron chi connectivity index (χ0n) is 18.6. The van der Waals surface area contributed by atoms with E-state index in [4.69, 9.17) is 0 Å². The highest BCUT2D eigenvalue weighted by Crippen LogP contribution is 2.34. The highest BCUT2D eigenvalue weighted by Gasteiger charge is 2.40. The molecule has 1 aliphatic heterocycles. The predicted octanol–water partition coefficient (Wildman–Crippen LogP) is 5.85. The Morgan fingerprint density at radius 1 is 1.19 bits per heavy atom. The topological polar surface area (TPSA) is 59.1 Å². The molecule has 0 bridgehead atoms. The molecule has 0 spiro atoms. The summed E-state index contributed by atoms with van der Waals surface area (Å²) >= 11 is 0. The van der Waals surface area contributed by atoms with E-state index < -0.39 is 11.8 Å². The van der Waals surface area contributed by atoms with Crippen LogP contribution in [-0.4, -0.2) is 35.6 Å². The van der Waals surface area contributed by atoms with Gasteiger partial charge >= 0.3 is 0 Å². The molecule has 1 aromatic carbocycles. The maximum absolute atomic E-state index is 14.0. The molecule has 1 aromatic heterocycles. The summed E-state index contributed by atoms with van der Waals surface area (Å²) in [5, 5.41) is 3.01. The second kappa shape index (κ2) is 11.6. The van der Waals surface area contributed by atoms with Crippen LogP contribution in [-0.2, 0) is 0 Å². The second-order valence-electron chi connectivity index (χ2n) is 8.30. The SMILES string of the molecule is CCC(=O)c1cc(C(=O)CCC[C@@H]2CNCCC2(F)F)cc([C@@H](C)c2ccccc2)n1.Cl. The number of Topliss-reactive ketones (excluding diaryl/α,β-unsaturated/α-hetero) is 2. The predicted molar refractivity (Wildman–Crippen MR) is 124 cm³/mol. The van der Waals surface area contributed by atoms with Crippen LogP contribution in [0.2, 0.25) is 0 Å². The Balaban J connectivity index is 0.00000363. The fourth-order valence-corrected chi connectivity index (χ4v) is 4.02. The molecule has 0 saturated carbocycles. The fraction of sp³-hybridized carbons (Fsp3) is 0.480. The number of pyridine rings is 1. The van der Waals surface area contributed by atoms with E-state index in [1.165, 1.54) is 0 Å². The number of rotatable bonds is 9. The van der Waals surface area contributed by atoms with Crippen molar-refractivity contribution >= 4 is 24.0 Å². The summed E-state index contributed by atoms with van der Waals surface area (Å²) < 4.78 is 28.1. The van der Waals surface area contributed by atoms with Crippen LogP contribution in [0.25, 0.3) is 0 Å². The lowest BCUT2D eigenvalue weighted by Crippen LogP contribution is -2.44. The van der Waals surface area contributed by atoms with Gasteiger partial charge in [0, 0.05) is 55.4 Å². The van der Waals surface area contributed by atoms with Gasteiger partial charge in [-0.25, -0.2) is 13.8 Å². The zero-order chi connectivity index (χ0) is 22.4. The van der Waals surface area contributed by atoms with Gasteiger partial charge in [0.05, 0.1) is 0 Å². The van der Waals surface area contributed by atoms with E-state index in [1.807, 2.05) is 37.3 Å². The molecule has 1 aliphatic rings. The second-order valence-corrected chi connectivity index (χ2v) is 8.30. The third kappa shape index (κ3) is 6.42. The third-order valence-corrected chi connectivity index (χ3v) is 6.10. The van der Waals surface area contributed by atoms with E-state index >= 15 is 0 Å². The Morgan fingerprint density at radius 2 is 1.91 bits per heavy atom. The van der Waals surface area contributed by atoms with Crippen molar-refractivity contribution in [2.24, 2.45) is 5.92 Å². The maximum atomic E-state index is 14.0. The smallest absolute Gasteiger partial charge is 0.253 e. The number of benzene rings is 1. The first-order valence-corrected chi connectivity index (χ1v) is 11.0. The molecular weight excluding hydrogens is 434 g/mol. The van der Waals surface area contributed by atoms with E-state index in [1.54, 1.807) is 19.1 Å². The monoisotopic (exact) mass is 464 g/mol. The summed E-state index contributed by atoms with van der Waals surface area (Å²) in [5.41, 5.74) is 2.42. The van der Waals surface area contributed by atoms with Gasteiger partial charge in [0.2, 0.25) is 0 Å². The van der Waals surface area contributed by atoms with Crippen molar-refractivity contribution in [2.75, 3.05) is 13.1 Å². The van der Waals surface area contributed by atoms with Crippen LogP contribution in [0, 0.1) is 5.92 Å². The number of nitrogens with zero attached hydrogens (tertiary/aromatic N) is 1. The third-order valence-electron chi connectivity index (χ3n) is 6.10. The van der Waals surface area contributed by atoms with Crippen LogP contribution >= 0.6 is 12.4 Å². The number of hydrogen-bond donors (Lipinski definition) is 1. The van der Waals surface area contributed by atoms with Gasteiger partial charge < -0.3 is 5.32 Å². The van der Waals surface area contributed by atoms with Gasteiger partial charge in [0.15, 0.2) is 11.6 Å². The fourth-order valence-electron chi connectivity index (χ4n) is 4.02. The lowest BCUT2D eigenvalue weighted by molar-refractivity contribution is -0.0811. The van der Waals surface area contributed by atoms with Crippen molar-refractivity contribution < 1.29 is 18.4 Å². The zero-order valence-corrected chi connectivity index (χ0v) is 19.4. The van der Waals surface area contributed by atoms with Gasteiger partial charge in [-0.1, -0.05) is 44.2 Å². The van der Waals surface area contributed by atoms with Crippen molar-refractivity contribution in [2.45, 2.75) is 57.8 Å². The highest BCUT2D eigenvalue weighted by atomic mass is 35.5. The quantitative estimate of drug-likeness (QED) is 0.473. The Bertz CT molecular complexity index is 921. The Labute approximate surface area is 194 Å². The normalized spacial score (nSPS) is 18.4. The van der Waals surface area contributed by atoms with Crippen LogP contribution < -0.4 is 5.32 Å². The van der Waals surface area contributed by atoms with Crippen LogP contribution in [0.3, 0.4) is 0 Å². The minimum absolute atomic E-state index is 0. The average Bonchev–Trinajstić information content (AvgIpc) is 2.79. The van der Waals surface area contributed by atoms with Crippen molar-refractivity contribution in [1.82, 2.24) is 10.3 Å². The van der Waals surface area contributed by atoms with Gasteiger partial charge in [0.1, 0.15) is 5.69 Å². The molecular formula is C25H31ClF2N2O2. The largest absolute Gasteiger partial charge is 0.316 e. The number of piperidine rings is 1. The molecule has 1 fully saturated rings. The van der Waals surface area contributed by atoms with E-state index in [9.17, 15) is 18.4 Å². The Kier molecular flexibility index (Phi) is 9.47. The summed E-state index contributed by atoms with van der Waals surface area (Å²) in [5.74, 6) is -3.75. The van der Waals surface area contributed by atoms with Crippen molar-refractivity contribution in [1.29, 1.82) is 0 Å². The molecule has 1 N–H and O–H groups in total. The molecule has 2 aromatic rings. The number of carbonyl (C=O) groups is 2. The molecule has 32 heavy (non-hydrogen) atoms. The first kappa shape index (κ1) is 26.1. The molecule has 2 atom stereocenters. The molecule has 0 aliphatic carbocycles. The number of hydrogen-bond acceptors (Lipinski definition) is 4. The minimum Gasteiger partial charge on any atom is -0.316 e. The highest BCUT2D eigenvalue weighted by molar-refractivity contribution is 6.00. The molecule has 174 valence electrons. The Hall–Kier alpha value is -2.18. The van der Waals surface area contributed by atoms with Crippen molar-refractivity contribution in [3.05, 3.63) is 65.0 Å². The first-order valence-electron chi connectivity index (χ1n) is 11.0. The van der Waals surface area contributed by atoms with Crippen LogP contribution in [0.1, 0.15) is 84.0 Å². The lowest BCUT2D eigenvalue weighted by Gasteiger charge is -2.31. The summed E-state index contributed by atoms with van der Waals surface area (Å²) in [6.45, 7) is 4.36. The number of alkyl halides is 2. The van der Waals surface area contributed by atoms with Gasteiger partial charge in [-0.3, -0.25) is 9.59 Å². The molecule has 0 radical (unpaired) electrons. The molecule has 0 unspecified atom stereocenters. The number of carbonyl (C=O) groups excluding carboxylic acids is 2. The standard InChI is InChI=1S/C25H30F2N2O2.ClH/c1-3-23(30)22-15-19(14-21(29-22)17(2)18-8-5-4-6-9-18)24(31)11-7-10-20-16-28-13-12-25(20,26)27;/h4-6,8-9,14-15,17,20,28H,3,7,10-13,16H2,1-2H3;1H/t17-,20+;/m0./s1. The lowest BCUT2D eigenvalue weighted by atomic mass is 9.89. The number of aromatic nitrogens is 1. The molecule has 1 saturated heterocycles. The summed E-state index contributed by atoms with van der Waals surface area (Å²) in [4.78, 5) is 29.7. The minimum atomic E-state index is -2.68. The van der Waals surface area contributed by atoms with E-state index in [-0.39, 0.29) is 55.0 Å². The van der Waals surface area contributed by atoms with Gasteiger partial charge in [-0.2, -0.15) is 0 Å². The first-order chi connectivity index (χ1) is 14.8. The van der Waals surface area contributed by atoms with Crippen LogP contribution in [0.5, 0.6) is 0 Å².